The first kappa shape index (κ1) is 21.6. The highest BCUT2D eigenvalue weighted by molar-refractivity contribution is 7.99. The topological polar surface area (TPSA) is 84.3 Å². The number of hydrogen-bond donors (Lipinski definition) is 1. The van der Waals surface area contributed by atoms with Crippen LogP contribution in [-0.2, 0) is 16.1 Å². The zero-order valence-electron chi connectivity index (χ0n) is 17.7. The Kier molecular flexibility index (Phi) is 6.15. The average Bonchev–Trinajstić information content (AvgIpc) is 3.29. The minimum absolute atomic E-state index is 0.0600. The lowest BCUT2D eigenvalue weighted by Crippen LogP contribution is -2.26. The second-order valence-electron chi connectivity index (χ2n) is 7.41. The monoisotopic (exact) mass is 456 g/mol. The summed E-state index contributed by atoms with van der Waals surface area (Å²) in [4.78, 5) is 46.0. The minimum Gasteiger partial charge on any atom is -0.324 e. The summed E-state index contributed by atoms with van der Waals surface area (Å²) in [5, 5.41) is 4.12. The van der Waals surface area contributed by atoms with Crippen LogP contribution in [-0.4, -0.2) is 33.7 Å². The molecule has 0 aliphatic carbocycles. The number of aromatic nitrogens is 2. The predicted molar refractivity (Wildman–Crippen MR) is 126 cm³/mol. The van der Waals surface area contributed by atoms with Crippen molar-refractivity contribution in [3.05, 3.63) is 45.1 Å². The number of fused-ring (bicyclic) bond motifs is 1. The molecule has 1 saturated heterocycles. The standard InChI is InChI=1S/C22H24N4O3S2/c1-4-25-21(29)19-13(2)14(3)31-20(19)24-22(25)30-12-17(27)23-15-8-5-6-9-16(15)26-11-7-10-18(26)28/h5-6,8-9H,4,7,10-12H2,1-3H3,(H,23,27). The highest BCUT2D eigenvalue weighted by atomic mass is 32.2. The number of thioether (sulfide) groups is 1. The molecule has 7 nitrogen and oxygen atoms in total. The Bertz CT molecular complexity index is 1230. The lowest BCUT2D eigenvalue weighted by Gasteiger charge is -2.20. The fourth-order valence-corrected chi connectivity index (χ4v) is 5.67. The van der Waals surface area contributed by atoms with Gasteiger partial charge in [-0.15, -0.1) is 11.3 Å². The molecule has 0 saturated carbocycles. The summed E-state index contributed by atoms with van der Waals surface area (Å²) < 4.78 is 1.62. The zero-order chi connectivity index (χ0) is 22.1. The smallest absolute Gasteiger partial charge is 0.263 e. The van der Waals surface area contributed by atoms with E-state index >= 15 is 0 Å². The second-order valence-corrected chi connectivity index (χ2v) is 9.56. The van der Waals surface area contributed by atoms with Gasteiger partial charge in [-0.2, -0.15) is 0 Å². The summed E-state index contributed by atoms with van der Waals surface area (Å²) in [7, 11) is 0. The second kappa shape index (κ2) is 8.84. The number of amides is 2. The fraction of sp³-hybridized carbons (Fsp3) is 0.364. The summed E-state index contributed by atoms with van der Waals surface area (Å²) in [6, 6.07) is 7.33. The van der Waals surface area contributed by atoms with Crippen LogP contribution in [0.2, 0.25) is 0 Å². The summed E-state index contributed by atoms with van der Waals surface area (Å²) >= 11 is 2.75. The average molecular weight is 457 g/mol. The van der Waals surface area contributed by atoms with Crippen LogP contribution in [0.3, 0.4) is 0 Å². The first-order chi connectivity index (χ1) is 14.9. The molecule has 0 radical (unpaired) electrons. The quantitative estimate of drug-likeness (QED) is 0.448. The van der Waals surface area contributed by atoms with Crippen molar-refractivity contribution < 1.29 is 9.59 Å². The molecule has 1 aromatic carbocycles. The van der Waals surface area contributed by atoms with E-state index in [0.29, 0.717) is 40.6 Å². The van der Waals surface area contributed by atoms with Crippen LogP contribution < -0.4 is 15.8 Å². The van der Waals surface area contributed by atoms with Gasteiger partial charge in [-0.25, -0.2) is 4.98 Å². The van der Waals surface area contributed by atoms with Crippen LogP contribution in [0.1, 0.15) is 30.2 Å². The van der Waals surface area contributed by atoms with E-state index in [9.17, 15) is 14.4 Å². The number of thiophene rings is 1. The molecule has 31 heavy (non-hydrogen) atoms. The van der Waals surface area contributed by atoms with Crippen LogP contribution in [0.25, 0.3) is 10.2 Å². The molecule has 3 heterocycles. The Morgan fingerprint density at radius 1 is 1.26 bits per heavy atom. The highest BCUT2D eigenvalue weighted by Gasteiger charge is 2.24. The van der Waals surface area contributed by atoms with Crippen LogP contribution >= 0.6 is 23.1 Å². The Hall–Kier alpha value is -2.65. The van der Waals surface area contributed by atoms with Gasteiger partial charge in [0.05, 0.1) is 22.5 Å². The van der Waals surface area contributed by atoms with Crippen LogP contribution in [0.15, 0.2) is 34.2 Å². The van der Waals surface area contributed by atoms with Gasteiger partial charge in [0.2, 0.25) is 11.8 Å². The molecule has 4 rings (SSSR count). The van der Waals surface area contributed by atoms with Crippen LogP contribution in [0, 0.1) is 13.8 Å². The molecule has 2 amide bonds. The Labute approximate surface area is 188 Å². The maximum absolute atomic E-state index is 13.0. The maximum Gasteiger partial charge on any atom is 0.263 e. The number of carbonyl (C=O) groups is 2. The van der Waals surface area contributed by atoms with E-state index in [4.69, 9.17) is 0 Å². The molecule has 1 aliphatic rings. The Morgan fingerprint density at radius 2 is 2.03 bits per heavy atom. The molecule has 9 heteroatoms. The van der Waals surface area contributed by atoms with E-state index in [-0.39, 0.29) is 23.1 Å². The molecule has 162 valence electrons. The summed E-state index contributed by atoms with van der Waals surface area (Å²) in [6.45, 7) is 6.98. The Morgan fingerprint density at radius 3 is 2.74 bits per heavy atom. The van der Waals surface area contributed by atoms with Gasteiger partial charge in [-0.1, -0.05) is 23.9 Å². The van der Waals surface area contributed by atoms with E-state index in [1.807, 2.05) is 39.0 Å². The van der Waals surface area contributed by atoms with Gasteiger partial charge in [0.1, 0.15) is 4.83 Å². The lowest BCUT2D eigenvalue weighted by atomic mass is 10.2. The van der Waals surface area contributed by atoms with E-state index in [2.05, 4.69) is 10.3 Å². The predicted octanol–water partition coefficient (Wildman–Crippen LogP) is 3.95. The van der Waals surface area contributed by atoms with Crippen molar-refractivity contribution >= 4 is 56.5 Å². The van der Waals surface area contributed by atoms with E-state index < -0.39 is 0 Å². The van der Waals surface area contributed by atoms with Crippen LogP contribution in [0.5, 0.6) is 0 Å². The third kappa shape index (κ3) is 4.12. The van der Waals surface area contributed by atoms with Crippen LogP contribution in [0.4, 0.5) is 11.4 Å². The molecule has 1 aliphatic heterocycles. The third-order valence-corrected chi connectivity index (χ3v) is 7.52. The van der Waals surface area contributed by atoms with E-state index in [1.165, 1.54) is 23.1 Å². The summed E-state index contributed by atoms with van der Waals surface area (Å²) in [5.41, 5.74) is 2.25. The highest BCUT2D eigenvalue weighted by Crippen LogP contribution is 2.30. The fourth-order valence-electron chi connectivity index (χ4n) is 3.73. The van der Waals surface area contributed by atoms with Gasteiger partial charge in [0, 0.05) is 24.4 Å². The normalized spacial score (nSPS) is 13.9. The number of anilines is 2. The minimum atomic E-state index is -0.209. The van der Waals surface area contributed by atoms with Crippen molar-refractivity contribution in [3.63, 3.8) is 0 Å². The number of nitrogens with zero attached hydrogens (tertiary/aromatic N) is 3. The van der Waals surface area contributed by atoms with Crippen molar-refractivity contribution in [1.29, 1.82) is 0 Å². The van der Waals surface area contributed by atoms with Crippen molar-refractivity contribution in [2.24, 2.45) is 0 Å². The number of nitrogens with one attached hydrogen (secondary N) is 1. The van der Waals surface area contributed by atoms with Gasteiger partial charge in [-0.05, 0) is 44.9 Å². The number of hydrogen-bond acceptors (Lipinski definition) is 6. The molecule has 0 unspecified atom stereocenters. The van der Waals surface area contributed by atoms with E-state index in [1.54, 1.807) is 15.5 Å². The van der Waals surface area contributed by atoms with Gasteiger partial charge in [-0.3, -0.25) is 19.0 Å². The van der Waals surface area contributed by atoms with Gasteiger partial charge >= 0.3 is 0 Å². The molecule has 3 aromatic rings. The molecule has 0 atom stereocenters. The SMILES string of the molecule is CCn1c(SCC(=O)Nc2ccccc2N2CCCC2=O)nc2sc(C)c(C)c2c1=O. The molecule has 0 bridgehead atoms. The van der Waals surface area contributed by atoms with Gasteiger partial charge < -0.3 is 10.2 Å². The summed E-state index contributed by atoms with van der Waals surface area (Å²) in [5.74, 6) is -0.0227. The molecule has 1 fully saturated rings. The number of rotatable bonds is 6. The summed E-state index contributed by atoms with van der Waals surface area (Å²) in [6.07, 6.45) is 1.35. The first-order valence-corrected chi connectivity index (χ1v) is 12.0. The lowest BCUT2D eigenvalue weighted by molar-refractivity contribution is -0.117. The number of para-hydroxylation sites is 2. The van der Waals surface area contributed by atoms with Crippen molar-refractivity contribution in [3.8, 4) is 0 Å². The molecular formula is C22H24N4O3S2. The van der Waals surface area contributed by atoms with E-state index in [0.717, 1.165) is 22.5 Å². The number of benzene rings is 1. The van der Waals surface area contributed by atoms with Crippen molar-refractivity contribution in [2.45, 2.75) is 45.3 Å². The van der Waals surface area contributed by atoms with Gasteiger partial charge in [0.15, 0.2) is 5.16 Å². The Balaban J connectivity index is 1.53. The first-order valence-electron chi connectivity index (χ1n) is 10.2. The third-order valence-electron chi connectivity index (χ3n) is 5.44. The number of aryl methyl sites for hydroxylation is 2. The van der Waals surface area contributed by atoms with Gasteiger partial charge in [0.25, 0.3) is 5.56 Å². The molecule has 1 N–H and O–H groups in total. The largest absolute Gasteiger partial charge is 0.324 e. The van der Waals surface area contributed by atoms with Crippen molar-refractivity contribution in [2.75, 3.05) is 22.5 Å². The molecule has 2 aromatic heterocycles. The molecule has 0 spiro atoms. The zero-order valence-corrected chi connectivity index (χ0v) is 19.4. The number of carbonyl (C=O) groups excluding carboxylic acids is 2. The van der Waals surface area contributed by atoms with Crippen molar-refractivity contribution in [1.82, 2.24) is 9.55 Å². The maximum atomic E-state index is 13.0. The molecular weight excluding hydrogens is 432 g/mol.